The van der Waals surface area contributed by atoms with Crippen molar-refractivity contribution in [2.24, 2.45) is 0 Å². The van der Waals surface area contributed by atoms with E-state index in [0.717, 1.165) is 11.1 Å². The van der Waals surface area contributed by atoms with Crippen molar-refractivity contribution in [2.75, 3.05) is 19.7 Å². The maximum Gasteiger partial charge on any atom is 0.509 e. The van der Waals surface area contributed by atoms with Gasteiger partial charge in [0.1, 0.15) is 12.4 Å². The maximum absolute atomic E-state index is 13.1. The van der Waals surface area contributed by atoms with Crippen LogP contribution in [0.5, 0.6) is 5.75 Å². The molecule has 1 aromatic carbocycles. The number of likely N-dealkylation sites (tertiary alicyclic amines) is 1. The number of phenols is 1. The zero-order valence-electron chi connectivity index (χ0n) is 15.9. The molecule has 26 heavy (non-hydrogen) atoms. The van der Waals surface area contributed by atoms with E-state index in [4.69, 9.17) is 9.47 Å². The molecule has 0 saturated carbocycles. The predicted molar refractivity (Wildman–Crippen MR) is 96.6 cm³/mol. The van der Waals surface area contributed by atoms with Gasteiger partial charge in [0, 0.05) is 25.9 Å². The Labute approximate surface area is 154 Å². The summed E-state index contributed by atoms with van der Waals surface area (Å²) in [6.07, 6.45) is 0.465. The highest BCUT2D eigenvalue weighted by molar-refractivity contribution is 5.97. The van der Waals surface area contributed by atoms with Gasteiger partial charge in [-0.15, -0.1) is 0 Å². The van der Waals surface area contributed by atoms with Crippen LogP contribution in [0.15, 0.2) is 12.1 Å². The SMILES string of the molecule is CC(C)c1cc(C(=O)N2CCC3(CC2)COC(=O)O3)c(O)c(C(C)C)c1. The Morgan fingerprint density at radius 3 is 2.31 bits per heavy atom. The molecule has 0 bridgehead atoms. The van der Waals surface area contributed by atoms with E-state index in [-0.39, 0.29) is 30.1 Å². The van der Waals surface area contributed by atoms with Gasteiger partial charge in [-0.25, -0.2) is 4.79 Å². The van der Waals surface area contributed by atoms with Crippen molar-refractivity contribution in [1.29, 1.82) is 0 Å². The number of hydrogen-bond donors (Lipinski definition) is 1. The number of cyclic esters (lactones) is 1. The van der Waals surface area contributed by atoms with Crippen LogP contribution in [0.4, 0.5) is 4.79 Å². The minimum absolute atomic E-state index is 0.0744. The number of phenolic OH excluding ortho intramolecular Hbond substituents is 1. The molecule has 6 nitrogen and oxygen atoms in total. The molecule has 2 fully saturated rings. The Morgan fingerprint density at radius 2 is 1.81 bits per heavy atom. The molecule has 2 aliphatic rings. The number of nitrogens with zero attached hydrogens (tertiary/aromatic N) is 1. The summed E-state index contributed by atoms with van der Waals surface area (Å²) < 4.78 is 10.2. The average Bonchev–Trinajstić information content (AvgIpc) is 2.95. The van der Waals surface area contributed by atoms with E-state index < -0.39 is 11.8 Å². The van der Waals surface area contributed by atoms with Crippen LogP contribution >= 0.6 is 0 Å². The molecule has 1 N–H and O–H groups in total. The van der Waals surface area contributed by atoms with Crippen LogP contribution in [-0.4, -0.2) is 47.4 Å². The highest BCUT2D eigenvalue weighted by Crippen LogP contribution is 2.36. The number of piperidine rings is 1. The van der Waals surface area contributed by atoms with Gasteiger partial charge < -0.3 is 19.5 Å². The lowest BCUT2D eigenvalue weighted by atomic mass is 9.90. The lowest BCUT2D eigenvalue weighted by Gasteiger charge is -2.36. The van der Waals surface area contributed by atoms with Crippen LogP contribution < -0.4 is 0 Å². The number of ether oxygens (including phenoxy) is 2. The highest BCUT2D eigenvalue weighted by Gasteiger charge is 2.45. The summed E-state index contributed by atoms with van der Waals surface area (Å²) in [5.41, 5.74) is 1.60. The van der Waals surface area contributed by atoms with Crippen molar-refractivity contribution in [3.05, 3.63) is 28.8 Å². The molecule has 142 valence electrons. The third-order valence-electron chi connectivity index (χ3n) is 5.40. The molecule has 0 aliphatic carbocycles. The second-order valence-electron chi connectivity index (χ2n) is 7.93. The molecule has 1 amide bonds. The summed E-state index contributed by atoms with van der Waals surface area (Å²) in [6.45, 7) is 9.35. The molecular weight excluding hydrogens is 334 g/mol. The van der Waals surface area contributed by atoms with E-state index in [1.807, 2.05) is 19.9 Å². The lowest BCUT2D eigenvalue weighted by molar-refractivity contribution is 0.00275. The fourth-order valence-corrected chi connectivity index (χ4v) is 3.58. The molecule has 0 radical (unpaired) electrons. The smallest absolute Gasteiger partial charge is 0.507 e. The Morgan fingerprint density at radius 1 is 1.15 bits per heavy atom. The van der Waals surface area contributed by atoms with Gasteiger partial charge >= 0.3 is 6.16 Å². The van der Waals surface area contributed by atoms with Gasteiger partial charge in [-0.05, 0) is 29.0 Å². The summed E-state index contributed by atoms with van der Waals surface area (Å²) in [4.78, 5) is 26.0. The highest BCUT2D eigenvalue weighted by atomic mass is 16.8. The fourth-order valence-electron chi connectivity index (χ4n) is 3.58. The van der Waals surface area contributed by atoms with Crippen molar-refractivity contribution in [1.82, 2.24) is 4.90 Å². The Balaban J connectivity index is 1.83. The minimum atomic E-state index is -0.631. The topological polar surface area (TPSA) is 76.1 Å². The average molecular weight is 361 g/mol. The second-order valence-corrected chi connectivity index (χ2v) is 7.93. The first-order valence-electron chi connectivity index (χ1n) is 9.24. The third-order valence-corrected chi connectivity index (χ3v) is 5.40. The van der Waals surface area contributed by atoms with Gasteiger partial charge in [0.2, 0.25) is 0 Å². The molecule has 1 spiro atoms. The summed E-state index contributed by atoms with van der Waals surface area (Å²) in [6, 6.07) is 3.79. The van der Waals surface area contributed by atoms with Crippen molar-refractivity contribution in [3.8, 4) is 5.75 Å². The third kappa shape index (κ3) is 3.37. The van der Waals surface area contributed by atoms with E-state index in [2.05, 4.69) is 13.8 Å². The largest absolute Gasteiger partial charge is 0.509 e. The van der Waals surface area contributed by atoms with Crippen molar-refractivity contribution < 1.29 is 24.2 Å². The van der Waals surface area contributed by atoms with Crippen molar-refractivity contribution in [2.45, 2.75) is 58.0 Å². The van der Waals surface area contributed by atoms with Crippen LogP contribution in [0.1, 0.15) is 73.9 Å². The molecular formula is C20H27NO5. The zero-order chi connectivity index (χ0) is 19.1. The molecule has 0 atom stereocenters. The lowest BCUT2D eigenvalue weighted by Crippen LogP contribution is -2.48. The summed E-state index contributed by atoms with van der Waals surface area (Å²) >= 11 is 0. The van der Waals surface area contributed by atoms with Gasteiger partial charge in [0.15, 0.2) is 5.60 Å². The standard InChI is InChI=1S/C20H27NO5/c1-12(2)14-9-15(13(3)4)17(22)16(10-14)18(23)21-7-5-20(6-8-21)11-25-19(24)26-20/h9-10,12-13,22H,5-8,11H2,1-4H3. The fraction of sp³-hybridized carbons (Fsp3) is 0.600. The molecule has 0 unspecified atom stereocenters. The van der Waals surface area contributed by atoms with Crippen LogP contribution in [0.2, 0.25) is 0 Å². The number of amides is 1. The van der Waals surface area contributed by atoms with Crippen LogP contribution in [-0.2, 0) is 9.47 Å². The summed E-state index contributed by atoms with van der Waals surface area (Å²) in [7, 11) is 0. The Hall–Kier alpha value is -2.24. The first kappa shape index (κ1) is 18.5. The molecule has 2 heterocycles. The summed E-state index contributed by atoms with van der Waals surface area (Å²) in [5, 5.41) is 10.7. The quantitative estimate of drug-likeness (QED) is 0.829. The van der Waals surface area contributed by atoms with E-state index in [1.54, 1.807) is 11.0 Å². The Kier molecular flexibility index (Phi) is 4.86. The number of rotatable bonds is 3. The first-order chi connectivity index (χ1) is 12.2. The van der Waals surface area contributed by atoms with Gasteiger partial charge in [0.25, 0.3) is 5.91 Å². The van der Waals surface area contributed by atoms with E-state index in [1.165, 1.54) is 0 Å². The second kappa shape index (κ2) is 6.82. The zero-order valence-corrected chi connectivity index (χ0v) is 15.9. The minimum Gasteiger partial charge on any atom is -0.507 e. The van der Waals surface area contributed by atoms with Gasteiger partial charge in [-0.1, -0.05) is 33.8 Å². The van der Waals surface area contributed by atoms with E-state index >= 15 is 0 Å². The van der Waals surface area contributed by atoms with Crippen molar-refractivity contribution >= 4 is 12.1 Å². The predicted octanol–water partition coefficient (Wildman–Crippen LogP) is 3.78. The molecule has 3 rings (SSSR count). The number of aromatic hydroxyl groups is 1. The maximum atomic E-state index is 13.1. The van der Waals surface area contributed by atoms with Gasteiger partial charge in [-0.3, -0.25) is 4.79 Å². The number of hydrogen-bond acceptors (Lipinski definition) is 5. The molecule has 1 aromatic rings. The normalized spacial score (nSPS) is 19.2. The van der Waals surface area contributed by atoms with E-state index in [0.29, 0.717) is 31.5 Å². The number of benzene rings is 1. The molecule has 2 saturated heterocycles. The molecule has 2 aliphatic heterocycles. The molecule has 6 heteroatoms. The first-order valence-corrected chi connectivity index (χ1v) is 9.24. The van der Waals surface area contributed by atoms with Crippen LogP contribution in [0, 0.1) is 0 Å². The summed E-state index contributed by atoms with van der Waals surface area (Å²) in [5.74, 6) is 0.288. The number of carbonyl (C=O) groups excluding carboxylic acids is 2. The van der Waals surface area contributed by atoms with Crippen LogP contribution in [0.25, 0.3) is 0 Å². The van der Waals surface area contributed by atoms with Crippen molar-refractivity contribution in [3.63, 3.8) is 0 Å². The van der Waals surface area contributed by atoms with Gasteiger partial charge in [0.05, 0.1) is 5.56 Å². The van der Waals surface area contributed by atoms with Crippen LogP contribution in [0.3, 0.4) is 0 Å². The Bertz CT molecular complexity index is 717. The molecule has 0 aromatic heterocycles. The van der Waals surface area contributed by atoms with Gasteiger partial charge in [-0.2, -0.15) is 0 Å². The number of carbonyl (C=O) groups is 2. The monoisotopic (exact) mass is 361 g/mol. The van der Waals surface area contributed by atoms with E-state index in [9.17, 15) is 14.7 Å².